The lowest BCUT2D eigenvalue weighted by Gasteiger charge is -2.22. The molecule has 0 bridgehead atoms. The maximum atomic E-state index is 4.49. The van der Waals surface area contributed by atoms with Crippen LogP contribution in [0.15, 0.2) is 21.3 Å². The van der Waals surface area contributed by atoms with Crippen molar-refractivity contribution in [2.45, 2.75) is 24.3 Å². The summed E-state index contributed by atoms with van der Waals surface area (Å²) in [5.74, 6) is 1.11. The number of nitrogens with zero attached hydrogens (tertiary/aromatic N) is 3. The van der Waals surface area contributed by atoms with E-state index in [0.29, 0.717) is 0 Å². The molecule has 0 amide bonds. The van der Waals surface area contributed by atoms with Gasteiger partial charge in [-0.2, -0.15) is 8.75 Å². The minimum absolute atomic E-state index is 0.997. The molecule has 1 aromatic heterocycles. The molecular formula is C13H18IN3S2. The molecule has 0 unspecified atom stereocenters. The first-order valence-electron chi connectivity index (χ1n) is 6.40. The van der Waals surface area contributed by atoms with E-state index < -0.39 is 0 Å². The number of unbranched alkanes of at least 4 members (excludes halogenated alkanes) is 1. The zero-order chi connectivity index (χ0) is 13.5. The highest BCUT2D eigenvalue weighted by Crippen LogP contribution is 2.29. The lowest BCUT2D eigenvalue weighted by molar-refractivity contribution is 0.372. The minimum atomic E-state index is 0.997. The summed E-state index contributed by atoms with van der Waals surface area (Å²) in [6.45, 7) is 2.14. The summed E-state index contributed by atoms with van der Waals surface area (Å²) in [6.07, 6.45) is 7.99. The molecular weight excluding hydrogens is 389 g/mol. The molecule has 6 heteroatoms. The molecule has 3 nitrogen and oxygen atoms in total. The number of hydrogen-bond donors (Lipinski definition) is 0. The molecule has 2 heterocycles. The summed E-state index contributed by atoms with van der Waals surface area (Å²) in [5.41, 5.74) is 2.46. The van der Waals surface area contributed by atoms with E-state index >= 15 is 0 Å². The highest BCUT2D eigenvalue weighted by molar-refractivity contribution is 14.1. The molecule has 0 aliphatic carbocycles. The first-order chi connectivity index (χ1) is 9.31. The van der Waals surface area contributed by atoms with E-state index in [1.54, 1.807) is 0 Å². The molecule has 0 saturated heterocycles. The van der Waals surface area contributed by atoms with Crippen LogP contribution in [0.1, 0.15) is 25.0 Å². The third-order valence-corrected chi connectivity index (χ3v) is 5.15. The molecule has 0 saturated carbocycles. The van der Waals surface area contributed by atoms with Gasteiger partial charge < -0.3 is 4.90 Å². The van der Waals surface area contributed by atoms with Gasteiger partial charge in [-0.25, -0.2) is 0 Å². The van der Waals surface area contributed by atoms with E-state index in [-0.39, 0.29) is 0 Å². The predicted molar refractivity (Wildman–Crippen MR) is 93.1 cm³/mol. The third-order valence-electron chi connectivity index (χ3n) is 2.95. The van der Waals surface area contributed by atoms with Gasteiger partial charge in [0.25, 0.3) is 0 Å². The lowest BCUT2D eigenvalue weighted by Crippen LogP contribution is -2.25. The van der Waals surface area contributed by atoms with Crippen LogP contribution in [0.3, 0.4) is 0 Å². The van der Waals surface area contributed by atoms with Crippen LogP contribution >= 0.6 is 46.1 Å². The van der Waals surface area contributed by atoms with Crippen LogP contribution in [0.5, 0.6) is 0 Å². The Morgan fingerprint density at radius 2 is 2.42 bits per heavy atom. The van der Waals surface area contributed by atoms with Crippen molar-refractivity contribution in [1.82, 2.24) is 13.6 Å². The molecule has 0 radical (unpaired) electrons. The first-order valence-corrected chi connectivity index (χ1v) is 9.36. The molecule has 19 heavy (non-hydrogen) atoms. The number of thioether (sulfide) groups is 1. The van der Waals surface area contributed by atoms with Crippen LogP contribution in [0.4, 0.5) is 0 Å². The van der Waals surface area contributed by atoms with Gasteiger partial charge in [0.05, 0.1) is 11.7 Å². The second-order valence-corrected chi connectivity index (χ2v) is 6.86. The molecule has 0 spiro atoms. The maximum absolute atomic E-state index is 4.49. The van der Waals surface area contributed by atoms with Crippen LogP contribution in [0.25, 0.3) is 5.57 Å². The Balaban J connectivity index is 1.92. The van der Waals surface area contributed by atoms with Crippen LogP contribution < -0.4 is 0 Å². The van der Waals surface area contributed by atoms with Crippen molar-refractivity contribution in [3.05, 3.63) is 21.9 Å². The number of hydrogen-bond acceptors (Lipinski definition) is 5. The zero-order valence-corrected chi connectivity index (χ0v) is 14.8. The molecule has 0 fully saturated rings. The van der Waals surface area contributed by atoms with E-state index in [1.807, 2.05) is 11.8 Å². The number of halogens is 1. The second-order valence-electron chi connectivity index (χ2n) is 4.53. The Hall–Kier alpha value is 0.0800. The highest BCUT2D eigenvalue weighted by Gasteiger charge is 2.17. The summed E-state index contributed by atoms with van der Waals surface area (Å²) in [7, 11) is 2.16. The number of rotatable bonds is 6. The number of likely N-dealkylation sites (N-methyl/N-ethyl adjacent to an activating group) is 1. The molecule has 0 aromatic carbocycles. The molecule has 1 aromatic rings. The smallest absolute Gasteiger partial charge is 0.138 e. The fourth-order valence-electron chi connectivity index (χ4n) is 1.97. The predicted octanol–water partition coefficient (Wildman–Crippen LogP) is 4.08. The molecule has 1 aliphatic heterocycles. The summed E-state index contributed by atoms with van der Waals surface area (Å²) in [5, 5.41) is 1.12. The Morgan fingerprint density at radius 1 is 1.53 bits per heavy atom. The Bertz CT molecular complexity index is 456. The van der Waals surface area contributed by atoms with Gasteiger partial charge in [0.15, 0.2) is 0 Å². The van der Waals surface area contributed by atoms with Gasteiger partial charge in [-0.3, -0.25) is 0 Å². The average molecular weight is 407 g/mol. The van der Waals surface area contributed by atoms with Gasteiger partial charge in [-0.1, -0.05) is 34.7 Å². The summed E-state index contributed by atoms with van der Waals surface area (Å²) in [6, 6.07) is 0. The van der Waals surface area contributed by atoms with Gasteiger partial charge in [0.1, 0.15) is 10.7 Å². The summed E-state index contributed by atoms with van der Waals surface area (Å²) in [4.78, 5) is 2.34. The largest absolute Gasteiger partial charge is 0.302 e. The topological polar surface area (TPSA) is 29.0 Å². The summed E-state index contributed by atoms with van der Waals surface area (Å²) < 4.78 is 11.0. The van der Waals surface area contributed by atoms with Gasteiger partial charge in [-0.15, -0.1) is 11.8 Å². The molecule has 0 atom stereocenters. The quantitative estimate of drug-likeness (QED) is 0.404. The van der Waals surface area contributed by atoms with Crippen molar-refractivity contribution < 1.29 is 0 Å². The van der Waals surface area contributed by atoms with Crippen molar-refractivity contribution in [3.63, 3.8) is 0 Å². The Kier molecular flexibility index (Phi) is 6.83. The SMILES string of the molecule is CN1CCC=C(c2nsnc2SCCC/C=C/I)C1. The van der Waals surface area contributed by atoms with Crippen LogP contribution in [-0.2, 0) is 0 Å². The summed E-state index contributed by atoms with van der Waals surface area (Å²) >= 11 is 5.44. The van der Waals surface area contributed by atoms with Crippen molar-refractivity contribution in [2.24, 2.45) is 0 Å². The number of aromatic nitrogens is 2. The van der Waals surface area contributed by atoms with E-state index in [2.05, 4.69) is 59.5 Å². The Morgan fingerprint density at radius 3 is 3.21 bits per heavy atom. The normalized spacial score (nSPS) is 17.1. The fourth-order valence-corrected chi connectivity index (χ4v) is 4.00. The van der Waals surface area contributed by atoms with E-state index in [9.17, 15) is 0 Å². The van der Waals surface area contributed by atoms with Gasteiger partial charge in [-0.05, 0) is 41.7 Å². The van der Waals surface area contributed by atoms with Crippen molar-refractivity contribution >= 4 is 51.7 Å². The first kappa shape index (κ1) is 15.5. The third kappa shape index (κ3) is 4.84. The van der Waals surface area contributed by atoms with Crippen molar-refractivity contribution in [2.75, 3.05) is 25.9 Å². The van der Waals surface area contributed by atoms with Crippen molar-refractivity contribution in [1.29, 1.82) is 0 Å². The highest BCUT2D eigenvalue weighted by atomic mass is 127. The molecule has 2 rings (SSSR count). The fraction of sp³-hybridized carbons (Fsp3) is 0.538. The van der Waals surface area contributed by atoms with Crippen LogP contribution in [0, 0.1) is 0 Å². The standard InChI is InChI=1S/C13H18IN3S2/c1-17-8-5-6-11(10-17)12-13(16-19-15-12)18-9-4-2-3-7-14/h3,6-7H,2,4-5,8-10H2,1H3/b7-3+. The molecule has 0 N–H and O–H groups in total. The zero-order valence-electron chi connectivity index (χ0n) is 11.0. The van der Waals surface area contributed by atoms with Crippen LogP contribution in [0.2, 0.25) is 0 Å². The number of allylic oxidation sites excluding steroid dienone is 1. The van der Waals surface area contributed by atoms with Gasteiger partial charge in [0, 0.05) is 13.1 Å². The van der Waals surface area contributed by atoms with Crippen LogP contribution in [-0.4, -0.2) is 39.5 Å². The van der Waals surface area contributed by atoms with E-state index in [1.165, 1.54) is 23.7 Å². The molecule has 104 valence electrons. The lowest BCUT2D eigenvalue weighted by atomic mass is 10.1. The Labute approximate surface area is 137 Å². The van der Waals surface area contributed by atoms with E-state index in [4.69, 9.17) is 0 Å². The maximum Gasteiger partial charge on any atom is 0.138 e. The van der Waals surface area contributed by atoms with Gasteiger partial charge in [0.2, 0.25) is 0 Å². The monoisotopic (exact) mass is 407 g/mol. The molecule has 1 aliphatic rings. The second kappa shape index (κ2) is 8.39. The van der Waals surface area contributed by atoms with E-state index in [0.717, 1.165) is 42.4 Å². The van der Waals surface area contributed by atoms with Crippen molar-refractivity contribution in [3.8, 4) is 0 Å². The average Bonchev–Trinajstić information content (AvgIpc) is 2.87. The minimum Gasteiger partial charge on any atom is -0.302 e. The van der Waals surface area contributed by atoms with Gasteiger partial charge >= 0.3 is 0 Å².